The molecule has 1 spiro atoms. The highest BCUT2D eigenvalue weighted by Gasteiger charge is 2.56. The zero-order chi connectivity index (χ0) is 16.1. The Morgan fingerprint density at radius 1 is 1.21 bits per heavy atom. The van der Waals surface area contributed by atoms with Gasteiger partial charge in [-0.25, -0.2) is 9.69 Å². The molecule has 0 aromatic carbocycles. The van der Waals surface area contributed by atoms with Crippen molar-refractivity contribution in [1.82, 2.24) is 20.1 Å². The van der Waals surface area contributed by atoms with Gasteiger partial charge in [-0.3, -0.25) is 9.88 Å². The quantitative estimate of drug-likeness (QED) is 0.827. The Kier molecular flexibility index (Phi) is 2.90. The fourth-order valence-electron chi connectivity index (χ4n) is 4.09. The predicted octanol–water partition coefficient (Wildman–Crippen LogP) is 1.55. The number of rotatable bonds is 2. The lowest BCUT2D eigenvalue weighted by Gasteiger charge is -2.49. The van der Waals surface area contributed by atoms with Gasteiger partial charge in [-0.1, -0.05) is 5.10 Å². The van der Waals surface area contributed by atoms with E-state index in [0.29, 0.717) is 18.4 Å². The second kappa shape index (κ2) is 5.01. The molecule has 0 aliphatic carbocycles. The number of ether oxygens (including phenoxy) is 1. The molecular formula is C16H17N5O3. The van der Waals surface area contributed by atoms with Crippen LogP contribution in [0.4, 0.5) is 10.8 Å². The number of fused-ring (bicyclic) bond motifs is 2. The van der Waals surface area contributed by atoms with Gasteiger partial charge < -0.3 is 9.15 Å². The largest absolute Gasteiger partial charge is 0.439 e. The van der Waals surface area contributed by atoms with Crippen LogP contribution in [0, 0.1) is 5.92 Å². The molecule has 4 fully saturated rings. The Bertz CT molecular complexity index is 771. The van der Waals surface area contributed by atoms with Gasteiger partial charge in [-0.2, -0.15) is 0 Å². The van der Waals surface area contributed by atoms with Crippen LogP contribution in [0.15, 0.2) is 28.9 Å². The van der Waals surface area contributed by atoms with Crippen molar-refractivity contribution in [3.8, 4) is 11.5 Å². The highest BCUT2D eigenvalue weighted by Crippen LogP contribution is 2.43. The van der Waals surface area contributed by atoms with Crippen LogP contribution < -0.4 is 4.90 Å². The summed E-state index contributed by atoms with van der Waals surface area (Å²) < 4.78 is 11.5. The van der Waals surface area contributed by atoms with Gasteiger partial charge in [0.2, 0.25) is 0 Å². The van der Waals surface area contributed by atoms with Gasteiger partial charge in [0.1, 0.15) is 5.60 Å². The van der Waals surface area contributed by atoms with E-state index in [2.05, 4.69) is 20.1 Å². The SMILES string of the molecule is O=C1O[C@]2(CN3CCC2CC3)CN1c1nnc(-c2cccnc2)o1. The average Bonchev–Trinajstić information content (AvgIpc) is 3.22. The molecule has 2 bridgehead atoms. The molecule has 124 valence electrons. The number of aromatic nitrogens is 3. The maximum Gasteiger partial charge on any atom is 0.418 e. The average molecular weight is 327 g/mol. The van der Waals surface area contributed by atoms with Gasteiger partial charge in [-0.15, -0.1) is 5.10 Å². The van der Waals surface area contributed by atoms with Crippen LogP contribution in [0.1, 0.15) is 12.8 Å². The first kappa shape index (κ1) is 13.9. The molecule has 4 aliphatic rings. The van der Waals surface area contributed by atoms with Crippen LogP contribution in [0.3, 0.4) is 0 Å². The summed E-state index contributed by atoms with van der Waals surface area (Å²) in [7, 11) is 0. The number of anilines is 1. The summed E-state index contributed by atoms with van der Waals surface area (Å²) >= 11 is 0. The summed E-state index contributed by atoms with van der Waals surface area (Å²) in [5.74, 6) is 0.762. The van der Waals surface area contributed by atoms with E-state index in [1.807, 2.05) is 6.07 Å². The molecule has 2 aromatic rings. The minimum Gasteiger partial charge on any atom is -0.439 e. The maximum absolute atomic E-state index is 12.4. The van der Waals surface area contributed by atoms with Crippen LogP contribution in [0.2, 0.25) is 0 Å². The van der Waals surface area contributed by atoms with Crippen molar-refractivity contribution < 1.29 is 13.9 Å². The predicted molar refractivity (Wildman–Crippen MR) is 83.3 cm³/mol. The van der Waals surface area contributed by atoms with E-state index in [-0.39, 0.29) is 6.01 Å². The van der Waals surface area contributed by atoms with Gasteiger partial charge in [0.05, 0.1) is 12.1 Å². The molecule has 0 saturated carbocycles. The minimum atomic E-state index is -0.434. The molecule has 4 aliphatic heterocycles. The van der Waals surface area contributed by atoms with Gasteiger partial charge >= 0.3 is 12.1 Å². The number of nitrogens with zero attached hydrogens (tertiary/aromatic N) is 5. The maximum atomic E-state index is 12.4. The van der Waals surface area contributed by atoms with E-state index < -0.39 is 11.7 Å². The van der Waals surface area contributed by atoms with Gasteiger partial charge in [0.25, 0.3) is 5.89 Å². The molecule has 6 rings (SSSR count). The molecule has 1 amide bonds. The summed E-state index contributed by atoms with van der Waals surface area (Å²) in [6.07, 6.45) is 5.08. The van der Waals surface area contributed by atoms with E-state index in [9.17, 15) is 4.79 Å². The number of carbonyl (C=O) groups is 1. The summed E-state index contributed by atoms with van der Waals surface area (Å²) in [5, 5.41) is 8.06. The zero-order valence-corrected chi connectivity index (χ0v) is 13.1. The smallest absolute Gasteiger partial charge is 0.418 e. The molecule has 24 heavy (non-hydrogen) atoms. The second-order valence-electron chi connectivity index (χ2n) is 6.70. The Hall–Kier alpha value is -2.48. The van der Waals surface area contributed by atoms with Crippen molar-refractivity contribution in [2.75, 3.05) is 31.1 Å². The number of hydrogen-bond acceptors (Lipinski definition) is 7. The lowest BCUT2D eigenvalue weighted by molar-refractivity contribution is -0.0881. The van der Waals surface area contributed by atoms with Crippen molar-refractivity contribution in [3.05, 3.63) is 24.5 Å². The number of piperidine rings is 3. The lowest BCUT2D eigenvalue weighted by Crippen LogP contribution is -2.61. The van der Waals surface area contributed by atoms with Crippen molar-refractivity contribution in [1.29, 1.82) is 0 Å². The van der Waals surface area contributed by atoms with Crippen LogP contribution in [0.5, 0.6) is 0 Å². The van der Waals surface area contributed by atoms with E-state index in [4.69, 9.17) is 9.15 Å². The molecule has 0 radical (unpaired) electrons. The third-order valence-corrected chi connectivity index (χ3v) is 5.31. The van der Waals surface area contributed by atoms with Crippen LogP contribution in [-0.4, -0.2) is 58.0 Å². The molecule has 1 atom stereocenters. The Balaban J connectivity index is 1.42. The number of amides is 1. The third kappa shape index (κ3) is 2.02. The third-order valence-electron chi connectivity index (χ3n) is 5.31. The molecule has 4 saturated heterocycles. The van der Waals surface area contributed by atoms with E-state index in [1.165, 1.54) is 4.90 Å². The first-order valence-corrected chi connectivity index (χ1v) is 8.20. The standard InChI is InChI=1S/C16H17N5O3/c22-15-21(10-16(24-15)9-20-6-3-12(16)4-7-20)14-19-18-13(23-14)11-2-1-5-17-8-11/h1-2,5,8,12H,3-4,6-7,9-10H2/t16-/m1/s1. The molecule has 8 nitrogen and oxygen atoms in total. The molecular weight excluding hydrogens is 310 g/mol. The van der Waals surface area contributed by atoms with Crippen molar-refractivity contribution in [2.45, 2.75) is 18.4 Å². The fraction of sp³-hybridized carbons (Fsp3) is 0.500. The summed E-state index contributed by atoms with van der Waals surface area (Å²) in [6, 6.07) is 3.82. The summed E-state index contributed by atoms with van der Waals surface area (Å²) in [5.41, 5.74) is 0.289. The Morgan fingerprint density at radius 2 is 2.08 bits per heavy atom. The second-order valence-corrected chi connectivity index (χ2v) is 6.70. The number of carbonyl (C=O) groups excluding carboxylic acids is 1. The fourth-order valence-corrected chi connectivity index (χ4v) is 4.09. The van der Waals surface area contributed by atoms with Crippen molar-refractivity contribution in [2.24, 2.45) is 5.92 Å². The van der Waals surface area contributed by atoms with E-state index in [0.717, 1.165) is 38.0 Å². The lowest BCUT2D eigenvalue weighted by atomic mass is 9.75. The highest BCUT2D eigenvalue weighted by molar-refractivity contribution is 5.88. The summed E-state index contributed by atoms with van der Waals surface area (Å²) in [4.78, 5) is 20.3. The molecule has 0 N–H and O–H groups in total. The zero-order valence-electron chi connectivity index (χ0n) is 13.1. The minimum absolute atomic E-state index is 0.187. The first-order chi connectivity index (χ1) is 11.7. The number of hydrogen-bond donors (Lipinski definition) is 0. The van der Waals surface area contributed by atoms with E-state index in [1.54, 1.807) is 18.5 Å². The van der Waals surface area contributed by atoms with Crippen molar-refractivity contribution >= 4 is 12.1 Å². The van der Waals surface area contributed by atoms with Gasteiger partial charge in [0.15, 0.2) is 0 Å². The summed E-state index contributed by atoms with van der Waals surface area (Å²) in [6.45, 7) is 3.45. The first-order valence-electron chi connectivity index (χ1n) is 8.20. The van der Waals surface area contributed by atoms with Crippen LogP contribution in [0.25, 0.3) is 11.5 Å². The van der Waals surface area contributed by atoms with Crippen LogP contribution in [-0.2, 0) is 4.74 Å². The Labute approximate surface area is 138 Å². The van der Waals surface area contributed by atoms with Gasteiger partial charge in [-0.05, 0) is 38.1 Å². The topological polar surface area (TPSA) is 84.6 Å². The highest BCUT2D eigenvalue weighted by atomic mass is 16.6. The van der Waals surface area contributed by atoms with Crippen molar-refractivity contribution in [3.63, 3.8) is 0 Å². The van der Waals surface area contributed by atoms with Gasteiger partial charge in [0, 0.05) is 24.9 Å². The molecule has 6 heterocycles. The Morgan fingerprint density at radius 3 is 2.79 bits per heavy atom. The normalized spacial score (nSPS) is 31.7. The monoisotopic (exact) mass is 327 g/mol. The molecule has 0 unspecified atom stereocenters. The van der Waals surface area contributed by atoms with Crippen LogP contribution >= 0.6 is 0 Å². The molecule has 2 aromatic heterocycles. The number of pyridine rings is 1. The molecule has 8 heteroatoms. The van der Waals surface area contributed by atoms with E-state index >= 15 is 0 Å².